The predicted octanol–water partition coefficient (Wildman–Crippen LogP) is 0.485. The number of alkyl carbamates (subject to hydrolysis) is 1. The lowest BCUT2D eigenvalue weighted by atomic mass is 10.7. The van der Waals surface area contributed by atoms with E-state index in [0.717, 1.165) is 11.8 Å². The van der Waals surface area contributed by atoms with Gasteiger partial charge in [-0.1, -0.05) is 23.1 Å². The Balaban J connectivity index is 2.27. The van der Waals surface area contributed by atoms with Gasteiger partial charge in [0.2, 0.25) is 11.0 Å². The number of anilines is 1. The van der Waals surface area contributed by atoms with Gasteiger partial charge in [0.05, 0.1) is 12.4 Å². The first-order chi connectivity index (χ1) is 7.61. The van der Waals surface area contributed by atoms with Gasteiger partial charge in [0.1, 0.15) is 0 Å². The third-order valence-electron chi connectivity index (χ3n) is 1.27. The highest BCUT2D eigenvalue weighted by molar-refractivity contribution is 8.01. The fourth-order valence-corrected chi connectivity index (χ4v) is 2.16. The lowest BCUT2D eigenvalue weighted by molar-refractivity contribution is -0.117. The van der Waals surface area contributed by atoms with Gasteiger partial charge in [0, 0.05) is 0 Å². The summed E-state index contributed by atoms with van der Waals surface area (Å²) in [6.45, 7) is 1.88. The fourth-order valence-electron chi connectivity index (χ4n) is 0.723. The quantitative estimate of drug-likeness (QED) is 0.760. The molecule has 0 aliphatic heterocycles. The number of hydrogen-bond acceptors (Lipinski definition) is 8. The Kier molecular flexibility index (Phi) is 4.99. The number of ether oxygens (including phenoxy) is 1. The van der Waals surface area contributed by atoms with Crippen LogP contribution in [0.1, 0.15) is 6.92 Å². The summed E-state index contributed by atoms with van der Waals surface area (Å²) in [6.07, 6.45) is -0.745. The molecule has 2 amide bonds. The van der Waals surface area contributed by atoms with Gasteiger partial charge < -0.3 is 10.5 Å². The van der Waals surface area contributed by atoms with E-state index in [1.54, 1.807) is 6.92 Å². The van der Waals surface area contributed by atoms with E-state index in [1.807, 2.05) is 0 Å². The second-order valence-electron chi connectivity index (χ2n) is 2.46. The van der Waals surface area contributed by atoms with Crippen molar-refractivity contribution in [3.8, 4) is 0 Å². The maximum Gasteiger partial charge on any atom is 0.413 e. The van der Waals surface area contributed by atoms with Crippen LogP contribution in [0.3, 0.4) is 0 Å². The van der Waals surface area contributed by atoms with Crippen LogP contribution in [0.5, 0.6) is 0 Å². The second-order valence-corrected chi connectivity index (χ2v) is 4.70. The van der Waals surface area contributed by atoms with Crippen LogP contribution < -0.4 is 11.1 Å². The summed E-state index contributed by atoms with van der Waals surface area (Å²) in [7, 11) is 0. The number of aromatic nitrogens is 2. The van der Waals surface area contributed by atoms with Crippen molar-refractivity contribution < 1.29 is 14.3 Å². The maximum atomic E-state index is 11.2. The Labute approximate surface area is 99.8 Å². The molecule has 0 fully saturated rings. The Hall–Kier alpha value is -1.35. The molecular formula is C7H10N4O3S2. The van der Waals surface area contributed by atoms with E-state index >= 15 is 0 Å². The molecule has 1 rings (SSSR count). The van der Waals surface area contributed by atoms with Crippen molar-refractivity contribution in [2.75, 3.05) is 18.1 Å². The highest BCUT2D eigenvalue weighted by atomic mass is 32.2. The lowest BCUT2D eigenvalue weighted by Gasteiger charge is -2.02. The monoisotopic (exact) mass is 262 g/mol. The van der Waals surface area contributed by atoms with Crippen LogP contribution in [0, 0.1) is 0 Å². The van der Waals surface area contributed by atoms with Crippen molar-refractivity contribution in [2.24, 2.45) is 0 Å². The molecule has 0 aliphatic rings. The first-order valence-corrected chi connectivity index (χ1v) is 6.10. The van der Waals surface area contributed by atoms with Crippen LogP contribution in [0.15, 0.2) is 4.34 Å². The number of hydrogen-bond donors (Lipinski definition) is 2. The Bertz CT molecular complexity index is 381. The summed E-state index contributed by atoms with van der Waals surface area (Å²) < 4.78 is 5.12. The minimum absolute atomic E-state index is 0.0629. The predicted molar refractivity (Wildman–Crippen MR) is 60.2 cm³/mol. The van der Waals surface area contributed by atoms with E-state index < -0.39 is 12.0 Å². The molecule has 0 spiro atoms. The minimum atomic E-state index is -0.745. The van der Waals surface area contributed by atoms with Crippen LogP contribution in [-0.4, -0.2) is 34.6 Å². The zero-order valence-electron chi connectivity index (χ0n) is 8.43. The van der Waals surface area contributed by atoms with Crippen LogP contribution >= 0.6 is 23.1 Å². The Morgan fingerprint density at radius 2 is 2.31 bits per heavy atom. The van der Waals surface area contributed by atoms with Gasteiger partial charge in [-0.25, -0.2) is 4.79 Å². The summed E-state index contributed by atoms with van der Waals surface area (Å²) in [5, 5.41) is 9.70. The van der Waals surface area contributed by atoms with Crippen LogP contribution in [-0.2, 0) is 9.53 Å². The largest absolute Gasteiger partial charge is 0.450 e. The lowest BCUT2D eigenvalue weighted by Crippen LogP contribution is -2.32. The second kappa shape index (κ2) is 6.28. The standard InChI is InChI=1S/C7H10N4O3S2/c1-2-14-6(13)9-4(12)3-15-7-11-10-5(8)16-7/h2-3H2,1H3,(H2,8,10)(H,9,12,13). The average molecular weight is 262 g/mol. The number of imide groups is 1. The van der Waals surface area contributed by atoms with E-state index in [9.17, 15) is 9.59 Å². The number of nitrogens with two attached hydrogens (primary N) is 1. The normalized spacial score (nSPS) is 9.81. The number of amides is 2. The van der Waals surface area contributed by atoms with Crippen molar-refractivity contribution >= 4 is 40.2 Å². The molecule has 0 bridgehead atoms. The van der Waals surface area contributed by atoms with Crippen molar-refractivity contribution in [3.63, 3.8) is 0 Å². The smallest absolute Gasteiger partial charge is 0.413 e. The van der Waals surface area contributed by atoms with Crippen molar-refractivity contribution in [1.29, 1.82) is 0 Å². The number of carbonyl (C=O) groups is 2. The number of rotatable bonds is 4. The summed E-state index contributed by atoms with van der Waals surface area (Å²) in [5.74, 6) is -0.384. The molecule has 0 atom stereocenters. The van der Waals surface area contributed by atoms with Gasteiger partial charge in [0.25, 0.3) is 0 Å². The van der Waals surface area contributed by atoms with E-state index in [-0.39, 0.29) is 12.4 Å². The molecule has 0 aliphatic carbocycles. The average Bonchev–Trinajstić information content (AvgIpc) is 2.61. The highest BCUT2D eigenvalue weighted by Crippen LogP contribution is 2.22. The summed E-state index contributed by atoms with van der Waals surface area (Å²) in [4.78, 5) is 22.1. The number of nitrogens with zero attached hydrogens (tertiary/aromatic N) is 2. The zero-order chi connectivity index (χ0) is 12.0. The van der Waals surface area contributed by atoms with E-state index in [4.69, 9.17) is 5.73 Å². The highest BCUT2D eigenvalue weighted by Gasteiger charge is 2.10. The molecule has 3 N–H and O–H groups in total. The number of nitrogen functional groups attached to an aromatic ring is 1. The molecule has 9 heteroatoms. The number of thioether (sulfide) groups is 1. The molecule has 88 valence electrons. The van der Waals surface area contributed by atoms with Crippen molar-refractivity contribution in [1.82, 2.24) is 15.5 Å². The molecule has 0 radical (unpaired) electrons. The summed E-state index contributed by atoms with van der Waals surface area (Å²) in [5.41, 5.74) is 5.36. The van der Waals surface area contributed by atoms with Crippen LogP contribution in [0.4, 0.5) is 9.93 Å². The van der Waals surface area contributed by atoms with Crippen molar-refractivity contribution in [2.45, 2.75) is 11.3 Å². The first-order valence-electron chi connectivity index (χ1n) is 4.30. The van der Waals surface area contributed by atoms with E-state index in [2.05, 4.69) is 20.3 Å². The van der Waals surface area contributed by atoms with Gasteiger partial charge in [-0.2, -0.15) is 0 Å². The summed E-state index contributed by atoms with van der Waals surface area (Å²) >= 11 is 2.34. The molecule has 1 aromatic heterocycles. The molecule has 1 aromatic rings. The Morgan fingerprint density at radius 1 is 1.56 bits per heavy atom. The van der Waals surface area contributed by atoms with Gasteiger partial charge in [-0.3, -0.25) is 10.1 Å². The van der Waals surface area contributed by atoms with Crippen molar-refractivity contribution in [3.05, 3.63) is 0 Å². The van der Waals surface area contributed by atoms with Gasteiger partial charge in [-0.05, 0) is 6.92 Å². The third-order valence-corrected chi connectivity index (χ3v) is 3.15. The number of nitrogens with one attached hydrogen (secondary N) is 1. The van der Waals surface area contributed by atoms with Crippen LogP contribution in [0.2, 0.25) is 0 Å². The van der Waals surface area contributed by atoms with Gasteiger partial charge >= 0.3 is 6.09 Å². The zero-order valence-corrected chi connectivity index (χ0v) is 10.1. The molecule has 16 heavy (non-hydrogen) atoms. The minimum Gasteiger partial charge on any atom is -0.450 e. The first kappa shape index (κ1) is 12.7. The SMILES string of the molecule is CCOC(=O)NC(=O)CSc1nnc(N)s1. The maximum absolute atomic E-state index is 11.2. The third kappa shape index (κ3) is 4.45. The van der Waals surface area contributed by atoms with Crippen LogP contribution in [0.25, 0.3) is 0 Å². The molecule has 1 heterocycles. The van der Waals surface area contributed by atoms with Gasteiger partial charge in [0.15, 0.2) is 4.34 Å². The molecule has 7 nitrogen and oxygen atoms in total. The van der Waals surface area contributed by atoms with E-state index in [1.165, 1.54) is 11.3 Å². The number of carbonyl (C=O) groups excluding carboxylic acids is 2. The molecule has 0 aromatic carbocycles. The molecule has 0 saturated heterocycles. The Morgan fingerprint density at radius 3 is 2.88 bits per heavy atom. The summed E-state index contributed by atoms with van der Waals surface area (Å²) in [6, 6.07) is 0. The fraction of sp³-hybridized carbons (Fsp3) is 0.429. The molecule has 0 unspecified atom stereocenters. The van der Waals surface area contributed by atoms with Gasteiger partial charge in [-0.15, -0.1) is 10.2 Å². The topological polar surface area (TPSA) is 107 Å². The van der Waals surface area contributed by atoms with E-state index in [0.29, 0.717) is 9.47 Å². The molecule has 0 saturated carbocycles. The molecular weight excluding hydrogens is 252 g/mol.